The van der Waals surface area contributed by atoms with Gasteiger partial charge in [-0.2, -0.15) is 0 Å². The van der Waals surface area contributed by atoms with E-state index >= 15 is 0 Å². The number of methoxy groups -OCH3 is 1. The SMILES string of the molecule is COC(=O)[C@H](Cc1c[nH]c2ccccc12)NC(=O)[C@@H]1CN(C(=O)[C@H](C)N)CCN1. The zero-order valence-electron chi connectivity index (χ0n) is 16.6. The molecule has 1 aliphatic heterocycles. The third kappa shape index (κ3) is 4.75. The van der Waals surface area contributed by atoms with Gasteiger partial charge in [0, 0.05) is 43.2 Å². The lowest BCUT2D eigenvalue weighted by atomic mass is 10.0. The summed E-state index contributed by atoms with van der Waals surface area (Å²) in [7, 11) is 1.29. The molecule has 9 nitrogen and oxygen atoms in total. The van der Waals surface area contributed by atoms with Crippen molar-refractivity contribution in [1.29, 1.82) is 0 Å². The van der Waals surface area contributed by atoms with Crippen LogP contribution in [-0.4, -0.2) is 72.5 Å². The fourth-order valence-corrected chi connectivity index (χ4v) is 3.54. The smallest absolute Gasteiger partial charge is 0.328 e. The molecule has 1 aliphatic rings. The summed E-state index contributed by atoms with van der Waals surface area (Å²) >= 11 is 0. The second-order valence-corrected chi connectivity index (χ2v) is 7.23. The first-order chi connectivity index (χ1) is 13.9. The van der Waals surface area contributed by atoms with Gasteiger partial charge in [-0.25, -0.2) is 4.79 Å². The Labute approximate surface area is 168 Å². The average Bonchev–Trinajstić information content (AvgIpc) is 3.15. The van der Waals surface area contributed by atoms with Crippen molar-refractivity contribution in [2.75, 3.05) is 26.7 Å². The van der Waals surface area contributed by atoms with Crippen LogP contribution < -0.4 is 16.4 Å². The molecule has 156 valence electrons. The number of nitrogens with two attached hydrogens (primary N) is 1. The summed E-state index contributed by atoms with van der Waals surface area (Å²) < 4.78 is 4.89. The second-order valence-electron chi connectivity index (χ2n) is 7.23. The molecule has 0 spiro atoms. The Bertz CT molecular complexity index is 894. The molecule has 1 aromatic carbocycles. The topological polar surface area (TPSA) is 130 Å². The van der Waals surface area contributed by atoms with Gasteiger partial charge in [-0.1, -0.05) is 18.2 Å². The monoisotopic (exact) mass is 401 g/mol. The fourth-order valence-electron chi connectivity index (χ4n) is 3.54. The van der Waals surface area contributed by atoms with Gasteiger partial charge in [-0.15, -0.1) is 0 Å². The van der Waals surface area contributed by atoms with Crippen molar-refractivity contribution < 1.29 is 19.1 Å². The predicted molar refractivity (Wildman–Crippen MR) is 108 cm³/mol. The van der Waals surface area contributed by atoms with E-state index in [-0.39, 0.29) is 24.8 Å². The number of nitrogens with zero attached hydrogens (tertiary/aromatic N) is 1. The number of H-pyrrole nitrogens is 1. The normalized spacial score (nSPS) is 18.9. The number of fused-ring (bicyclic) bond motifs is 1. The Morgan fingerprint density at radius 2 is 2.10 bits per heavy atom. The van der Waals surface area contributed by atoms with Gasteiger partial charge in [0.1, 0.15) is 12.1 Å². The number of aromatic amines is 1. The summed E-state index contributed by atoms with van der Waals surface area (Å²) in [6.07, 6.45) is 2.12. The van der Waals surface area contributed by atoms with Gasteiger partial charge in [-0.05, 0) is 18.6 Å². The fraction of sp³-hybridized carbons (Fsp3) is 0.450. The maximum Gasteiger partial charge on any atom is 0.328 e. The average molecular weight is 401 g/mol. The van der Waals surface area contributed by atoms with Crippen LogP contribution in [0.25, 0.3) is 10.9 Å². The van der Waals surface area contributed by atoms with Gasteiger partial charge in [-0.3, -0.25) is 9.59 Å². The van der Waals surface area contributed by atoms with Crippen LogP contribution in [0.3, 0.4) is 0 Å². The molecule has 1 saturated heterocycles. The quantitative estimate of drug-likeness (QED) is 0.484. The maximum absolute atomic E-state index is 12.8. The Kier molecular flexibility index (Phi) is 6.50. The zero-order chi connectivity index (χ0) is 21.0. The van der Waals surface area contributed by atoms with E-state index in [0.717, 1.165) is 16.5 Å². The number of amides is 2. The Morgan fingerprint density at radius 1 is 1.34 bits per heavy atom. The highest BCUT2D eigenvalue weighted by Gasteiger charge is 2.32. The van der Waals surface area contributed by atoms with Crippen molar-refractivity contribution in [3.63, 3.8) is 0 Å². The summed E-state index contributed by atoms with van der Waals surface area (Å²) in [5.41, 5.74) is 7.53. The van der Waals surface area contributed by atoms with Crippen LogP contribution in [0.15, 0.2) is 30.5 Å². The van der Waals surface area contributed by atoms with Crippen molar-refractivity contribution in [3.8, 4) is 0 Å². The van der Waals surface area contributed by atoms with Crippen LogP contribution in [0.2, 0.25) is 0 Å². The highest BCUT2D eigenvalue weighted by Crippen LogP contribution is 2.19. The first-order valence-corrected chi connectivity index (χ1v) is 9.61. The minimum Gasteiger partial charge on any atom is -0.467 e. The number of ether oxygens (including phenoxy) is 1. The number of aromatic nitrogens is 1. The van der Waals surface area contributed by atoms with Crippen molar-refractivity contribution in [2.45, 2.75) is 31.5 Å². The molecule has 3 rings (SSSR count). The zero-order valence-corrected chi connectivity index (χ0v) is 16.6. The molecule has 2 aromatic rings. The third-order valence-corrected chi connectivity index (χ3v) is 5.09. The molecular weight excluding hydrogens is 374 g/mol. The van der Waals surface area contributed by atoms with Crippen LogP contribution >= 0.6 is 0 Å². The van der Waals surface area contributed by atoms with E-state index in [4.69, 9.17) is 10.5 Å². The predicted octanol–water partition coefficient (Wildman–Crippen LogP) is -0.484. The van der Waals surface area contributed by atoms with E-state index in [2.05, 4.69) is 15.6 Å². The molecule has 2 amide bonds. The number of nitrogens with one attached hydrogen (secondary N) is 3. The molecule has 5 N–H and O–H groups in total. The van der Waals surface area contributed by atoms with E-state index in [1.54, 1.807) is 11.8 Å². The Hall–Kier alpha value is -2.91. The molecule has 9 heteroatoms. The molecule has 2 heterocycles. The van der Waals surface area contributed by atoms with E-state index < -0.39 is 24.1 Å². The number of hydrogen-bond donors (Lipinski definition) is 4. The van der Waals surface area contributed by atoms with Crippen molar-refractivity contribution in [3.05, 3.63) is 36.0 Å². The molecule has 3 atom stereocenters. The lowest BCUT2D eigenvalue weighted by Gasteiger charge is -2.34. The second kappa shape index (κ2) is 9.06. The molecule has 0 bridgehead atoms. The van der Waals surface area contributed by atoms with Crippen LogP contribution in [-0.2, 0) is 25.5 Å². The number of esters is 1. The van der Waals surface area contributed by atoms with Crippen LogP contribution in [0, 0.1) is 0 Å². The first-order valence-electron chi connectivity index (χ1n) is 9.61. The Morgan fingerprint density at radius 3 is 2.83 bits per heavy atom. The molecule has 1 aromatic heterocycles. The lowest BCUT2D eigenvalue weighted by molar-refractivity contribution is -0.145. The Balaban J connectivity index is 1.70. The van der Waals surface area contributed by atoms with Gasteiger partial charge >= 0.3 is 5.97 Å². The van der Waals surface area contributed by atoms with Gasteiger partial charge in [0.2, 0.25) is 11.8 Å². The number of para-hydroxylation sites is 1. The standard InChI is InChI=1S/C20H27N5O4/c1-12(21)19(27)25-8-7-22-17(11-25)18(26)24-16(20(28)29-2)9-13-10-23-15-6-4-3-5-14(13)15/h3-6,10,12,16-17,22-23H,7-9,11,21H2,1-2H3,(H,24,26)/t12-,16-,17-/m0/s1. The lowest BCUT2D eigenvalue weighted by Crippen LogP contribution is -2.61. The molecule has 0 saturated carbocycles. The van der Waals surface area contributed by atoms with Crippen LogP contribution in [0.4, 0.5) is 0 Å². The van der Waals surface area contributed by atoms with E-state index in [9.17, 15) is 14.4 Å². The molecular formula is C20H27N5O4. The summed E-state index contributed by atoms with van der Waals surface area (Å²) in [5, 5.41) is 6.84. The summed E-state index contributed by atoms with van der Waals surface area (Å²) in [5.74, 6) is -1.09. The summed E-state index contributed by atoms with van der Waals surface area (Å²) in [6, 6.07) is 5.65. The number of rotatable bonds is 6. The van der Waals surface area contributed by atoms with Gasteiger partial charge < -0.3 is 31.0 Å². The molecule has 1 fully saturated rings. The maximum atomic E-state index is 12.8. The molecule has 29 heavy (non-hydrogen) atoms. The largest absolute Gasteiger partial charge is 0.467 e. The molecule has 0 unspecified atom stereocenters. The molecule has 0 radical (unpaired) electrons. The minimum atomic E-state index is -0.840. The van der Waals surface area contributed by atoms with Crippen LogP contribution in [0.5, 0.6) is 0 Å². The number of benzene rings is 1. The van der Waals surface area contributed by atoms with E-state index in [1.165, 1.54) is 7.11 Å². The number of carbonyl (C=O) groups is 3. The van der Waals surface area contributed by atoms with Crippen molar-refractivity contribution in [1.82, 2.24) is 20.5 Å². The van der Waals surface area contributed by atoms with Crippen LogP contribution in [0.1, 0.15) is 12.5 Å². The number of carbonyl (C=O) groups excluding carboxylic acids is 3. The van der Waals surface area contributed by atoms with Crippen molar-refractivity contribution >= 4 is 28.7 Å². The van der Waals surface area contributed by atoms with Gasteiger partial charge in [0.05, 0.1) is 13.2 Å². The third-order valence-electron chi connectivity index (χ3n) is 5.09. The highest BCUT2D eigenvalue weighted by molar-refractivity contribution is 5.90. The van der Waals surface area contributed by atoms with Gasteiger partial charge in [0.15, 0.2) is 0 Å². The summed E-state index contributed by atoms with van der Waals surface area (Å²) in [6.45, 7) is 2.78. The van der Waals surface area contributed by atoms with E-state index in [1.807, 2.05) is 30.5 Å². The van der Waals surface area contributed by atoms with Gasteiger partial charge in [0.25, 0.3) is 0 Å². The van der Waals surface area contributed by atoms with E-state index in [0.29, 0.717) is 13.1 Å². The highest BCUT2D eigenvalue weighted by atomic mass is 16.5. The minimum absolute atomic E-state index is 0.201. The first kappa shape index (κ1) is 20.8. The number of hydrogen-bond acceptors (Lipinski definition) is 6. The number of piperazine rings is 1. The molecule has 0 aliphatic carbocycles. The van der Waals surface area contributed by atoms with Crippen molar-refractivity contribution in [2.24, 2.45) is 5.73 Å². The summed E-state index contributed by atoms with van der Waals surface area (Å²) in [4.78, 5) is 42.0.